The number of carbonyl (C=O) groups is 1. The number of Topliss-reactive ketones (excluding diaryl/α,β-unsaturated/α-hetero) is 1. The topological polar surface area (TPSA) is 63.3 Å². The van der Waals surface area contributed by atoms with Gasteiger partial charge in [0.15, 0.2) is 5.78 Å². The summed E-state index contributed by atoms with van der Waals surface area (Å²) in [7, 11) is 0. The SMILES string of the molecule is CCCCC(C)(CC)C(=O)C(N)CO. The van der Waals surface area contributed by atoms with Crippen LogP contribution in [0.2, 0.25) is 0 Å². The van der Waals surface area contributed by atoms with Crippen molar-refractivity contribution >= 4 is 5.78 Å². The normalized spacial score (nSPS) is 17.5. The third kappa shape index (κ3) is 3.39. The molecule has 0 aromatic carbocycles. The number of aliphatic hydroxyl groups is 1. The van der Waals surface area contributed by atoms with Crippen LogP contribution >= 0.6 is 0 Å². The number of ketones is 1. The van der Waals surface area contributed by atoms with Crippen LogP contribution in [0, 0.1) is 5.41 Å². The second kappa shape index (κ2) is 6.14. The molecule has 0 aromatic rings. The van der Waals surface area contributed by atoms with Crippen molar-refractivity contribution in [1.82, 2.24) is 0 Å². The molecule has 2 unspecified atom stereocenters. The Morgan fingerprint density at radius 1 is 1.50 bits per heavy atom. The number of rotatable bonds is 7. The molecule has 0 aliphatic rings. The summed E-state index contributed by atoms with van der Waals surface area (Å²) in [4.78, 5) is 11.8. The Hall–Kier alpha value is -0.410. The Morgan fingerprint density at radius 3 is 2.43 bits per heavy atom. The molecule has 3 nitrogen and oxygen atoms in total. The van der Waals surface area contributed by atoms with Gasteiger partial charge in [-0.25, -0.2) is 0 Å². The van der Waals surface area contributed by atoms with Crippen LogP contribution in [0.3, 0.4) is 0 Å². The van der Waals surface area contributed by atoms with Crippen LogP contribution in [0.1, 0.15) is 46.5 Å². The molecule has 0 saturated carbocycles. The van der Waals surface area contributed by atoms with Crippen molar-refractivity contribution in [3.8, 4) is 0 Å². The van der Waals surface area contributed by atoms with Gasteiger partial charge in [0.2, 0.25) is 0 Å². The van der Waals surface area contributed by atoms with Gasteiger partial charge >= 0.3 is 0 Å². The summed E-state index contributed by atoms with van der Waals surface area (Å²) in [5, 5.41) is 8.84. The van der Waals surface area contributed by atoms with Crippen LogP contribution in [0.25, 0.3) is 0 Å². The van der Waals surface area contributed by atoms with Gasteiger partial charge in [0, 0.05) is 5.41 Å². The number of nitrogens with two attached hydrogens (primary N) is 1. The summed E-state index contributed by atoms with van der Waals surface area (Å²) in [5.41, 5.74) is 5.20. The fraction of sp³-hybridized carbons (Fsp3) is 0.909. The predicted molar refractivity (Wildman–Crippen MR) is 58.0 cm³/mol. The van der Waals surface area contributed by atoms with E-state index >= 15 is 0 Å². The van der Waals surface area contributed by atoms with Crippen LogP contribution in [-0.2, 0) is 4.79 Å². The maximum Gasteiger partial charge on any atom is 0.157 e. The molecule has 0 aliphatic heterocycles. The second-order valence-corrected chi connectivity index (χ2v) is 4.17. The standard InChI is InChI=1S/C11H23NO2/c1-4-6-7-11(3,5-2)10(14)9(12)8-13/h9,13H,4-8,12H2,1-3H3. The van der Waals surface area contributed by atoms with Crippen molar-refractivity contribution in [1.29, 1.82) is 0 Å². The summed E-state index contributed by atoms with van der Waals surface area (Å²) in [6, 6.07) is -0.711. The maximum absolute atomic E-state index is 11.8. The minimum atomic E-state index is -0.711. The van der Waals surface area contributed by atoms with Crippen molar-refractivity contribution in [2.45, 2.75) is 52.5 Å². The van der Waals surface area contributed by atoms with Crippen LogP contribution in [0.4, 0.5) is 0 Å². The highest BCUT2D eigenvalue weighted by Crippen LogP contribution is 2.30. The molecule has 3 heteroatoms. The summed E-state index contributed by atoms with van der Waals surface area (Å²) >= 11 is 0. The first-order valence-electron chi connectivity index (χ1n) is 5.42. The highest BCUT2D eigenvalue weighted by Gasteiger charge is 2.33. The number of unbranched alkanes of at least 4 members (excludes halogenated alkanes) is 1. The number of hydrogen-bond donors (Lipinski definition) is 2. The van der Waals surface area contributed by atoms with E-state index in [2.05, 4.69) is 6.92 Å². The Labute approximate surface area is 86.7 Å². The maximum atomic E-state index is 11.8. The quantitative estimate of drug-likeness (QED) is 0.656. The third-order valence-corrected chi connectivity index (χ3v) is 2.99. The fourth-order valence-electron chi connectivity index (χ4n) is 1.57. The number of aliphatic hydroxyl groups excluding tert-OH is 1. The molecule has 0 rings (SSSR count). The van der Waals surface area contributed by atoms with Gasteiger partial charge in [-0.3, -0.25) is 4.79 Å². The first-order chi connectivity index (χ1) is 6.51. The molecule has 0 saturated heterocycles. The number of hydrogen-bond acceptors (Lipinski definition) is 3. The first-order valence-corrected chi connectivity index (χ1v) is 5.42. The molecule has 84 valence electrons. The molecule has 0 aromatic heterocycles. The van der Waals surface area contributed by atoms with E-state index in [4.69, 9.17) is 10.8 Å². The second-order valence-electron chi connectivity index (χ2n) is 4.17. The lowest BCUT2D eigenvalue weighted by molar-refractivity contribution is -0.130. The lowest BCUT2D eigenvalue weighted by Gasteiger charge is -2.28. The van der Waals surface area contributed by atoms with E-state index in [1.807, 2.05) is 13.8 Å². The van der Waals surface area contributed by atoms with E-state index < -0.39 is 6.04 Å². The molecule has 0 amide bonds. The van der Waals surface area contributed by atoms with Gasteiger partial charge in [0.05, 0.1) is 12.6 Å². The molecule has 14 heavy (non-hydrogen) atoms. The van der Waals surface area contributed by atoms with Gasteiger partial charge < -0.3 is 10.8 Å². The van der Waals surface area contributed by atoms with E-state index in [0.717, 1.165) is 25.7 Å². The van der Waals surface area contributed by atoms with Crippen LogP contribution in [0.15, 0.2) is 0 Å². The van der Waals surface area contributed by atoms with E-state index in [1.165, 1.54) is 0 Å². The molecule has 0 heterocycles. The summed E-state index contributed by atoms with van der Waals surface area (Å²) in [6.07, 6.45) is 3.78. The van der Waals surface area contributed by atoms with Gasteiger partial charge in [-0.15, -0.1) is 0 Å². The zero-order chi connectivity index (χ0) is 11.2. The van der Waals surface area contributed by atoms with Crippen molar-refractivity contribution in [3.05, 3.63) is 0 Å². The first kappa shape index (κ1) is 13.6. The zero-order valence-corrected chi connectivity index (χ0v) is 9.55. The van der Waals surface area contributed by atoms with Gasteiger partial charge in [0.25, 0.3) is 0 Å². The summed E-state index contributed by atoms with van der Waals surface area (Å²) < 4.78 is 0. The Bertz CT molecular complexity index is 182. The molecule has 0 radical (unpaired) electrons. The van der Waals surface area contributed by atoms with Crippen molar-refractivity contribution in [3.63, 3.8) is 0 Å². The highest BCUT2D eigenvalue weighted by atomic mass is 16.3. The van der Waals surface area contributed by atoms with Crippen molar-refractivity contribution < 1.29 is 9.90 Å². The van der Waals surface area contributed by atoms with E-state index in [9.17, 15) is 4.79 Å². The molecule has 2 atom stereocenters. The largest absolute Gasteiger partial charge is 0.394 e. The molecular weight excluding hydrogens is 178 g/mol. The molecule has 3 N–H and O–H groups in total. The van der Waals surface area contributed by atoms with Gasteiger partial charge in [0.1, 0.15) is 0 Å². The summed E-state index contributed by atoms with van der Waals surface area (Å²) in [5.74, 6) is -0.00375. The third-order valence-electron chi connectivity index (χ3n) is 2.99. The van der Waals surface area contributed by atoms with Gasteiger partial charge in [-0.2, -0.15) is 0 Å². The monoisotopic (exact) mass is 201 g/mol. The number of carbonyl (C=O) groups excluding carboxylic acids is 1. The van der Waals surface area contributed by atoms with Crippen LogP contribution in [0.5, 0.6) is 0 Å². The van der Waals surface area contributed by atoms with E-state index in [0.29, 0.717) is 0 Å². The predicted octanol–water partition coefficient (Wildman–Crippen LogP) is 1.48. The van der Waals surface area contributed by atoms with E-state index in [1.54, 1.807) is 0 Å². The highest BCUT2D eigenvalue weighted by molar-refractivity contribution is 5.89. The molecule has 0 aliphatic carbocycles. The lowest BCUT2D eigenvalue weighted by atomic mass is 9.76. The molecule has 0 spiro atoms. The Kier molecular flexibility index (Phi) is 5.96. The minimum Gasteiger partial charge on any atom is -0.394 e. The molecular formula is C11H23NO2. The van der Waals surface area contributed by atoms with Gasteiger partial charge in [-0.05, 0) is 12.8 Å². The van der Waals surface area contributed by atoms with Crippen LogP contribution < -0.4 is 5.73 Å². The minimum absolute atomic E-state index is 0.00375. The molecule has 0 bridgehead atoms. The van der Waals surface area contributed by atoms with Crippen molar-refractivity contribution in [2.75, 3.05) is 6.61 Å². The Balaban J connectivity index is 4.42. The Morgan fingerprint density at radius 2 is 2.07 bits per heavy atom. The van der Waals surface area contributed by atoms with E-state index in [-0.39, 0.29) is 17.8 Å². The average molecular weight is 201 g/mol. The van der Waals surface area contributed by atoms with Gasteiger partial charge in [-0.1, -0.05) is 33.6 Å². The summed E-state index contributed by atoms with van der Waals surface area (Å²) in [6.45, 7) is 5.80. The average Bonchev–Trinajstić information content (AvgIpc) is 2.23. The van der Waals surface area contributed by atoms with Crippen LogP contribution in [-0.4, -0.2) is 23.5 Å². The molecule has 0 fully saturated rings. The lowest BCUT2D eigenvalue weighted by Crippen LogP contribution is -2.43. The zero-order valence-electron chi connectivity index (χ0n) is 9.55. The fourth-order valence-corrected chi connectivity index (χ4v) is 1.57. The van der Waals surface area contributed by atoms with Crippen molar-refractivity contribution in [2.24, 2.45) is 11.1 Å². The smallest absolute Gasteiger partial charge is 0.157 e.